The van der Waals surface area contributed by atoms with Crippen molar-refractivity contribution in [1.82, 2.24) is 0 Å². The Labute approximate surface area is 127 Å². The number of hydrogen-bond acceptors (Lipinski definition) is 2. The molecule has 1 spiro atoms. The summed E-state index contributed by atoms with van der Waals surface area (Å²) in [5, 5.41) is 0.760. The zero-order valence-corrected chi connectivity index (χ0v) is 13.2. The predicted octanol–water partition coefficient (Wildman–Crippen LogP) is 4.45. The zero-order valence-electron chi connectivity index (χ0n) is 10.9. The van der Waals surface area contributed by atoms with Crippen LogP contribution in [0.4, 0.5) is 0 Å². The van der Waals surface area contributed by atoms with Crippen molar-refractivity contribution in [2.75, 3.05) is 6.61 Å². The summed E-state index contributed by atoms with van der Waals surface area (Å²) in [5.74, 6) is 0.479. The molecule has 1 aliphatic heterocycles. The van der Waals surface area contributed by atoms with E-state index in [0.717, 1.165) is 34.5 Å². The second-order valence-corrected chi connectivity index (χ2v) is 7.15. The quantitative estimate of drug-likeness (QED) is 0.860. The SMILES string of the molecule is NC(c1ccc(Br)cc1Cl)C1CCOC2(CCC2)C1. The molecule has 1 heterocycles. The van der Waals surface area contributed by atoms with E-state index in [-0.39, 0.29) is 11.6 Å². The van der Waals surface area contributed by atoms with Crippen molar-refractivity contribution in [3.05, 3.63) is 33.3 Å². The van der Waals surface area contributed by atoms with Gasteiger partial charge in [-0.15, -0.1) is 0 Å². The second kappa shape index (κ2) is 5.36. The molecule has 2 N–H and O–H groups in total. The number of rotatable bonds is 2. The molecule has 0 bridgehead atoms. The Bertz CT molecular complexity index is 475. The standard InChI is InChI=1S/C15H19BrClNO/c16-11-2-3-12(13(17)8-11)14(18)10-4-7-19-15(9-10)5-1-6-15/h2-3,8,10,14H,1,4-7,9,18H2. The van der Waals surface area contributed by atoms with E-state index in [4.69, 9.17) is 22.1 Å². The Morgan fingerprint density at radius 1 is 1.42 bits per heavy atom. The maximum Gasteiger partial charge on any atom is 0.0686 e. The van der Waals surface area contributed by atoms with Gasteiger partial charge in [0.1, 0.15) is 0 Å². The molecule has 0 aromatic heterocycles. The van der Waals surface area contributed by atoms with Crippen molar-refractivity contribution < 1.29 is 4.74 Å². The normalized spacial score (nSPS) is 27.0. The monoisotopic (exact) mass is 343 g/mol. The van der Waals surface area contributed by atoms with Crippen LogP contribution in [0.1, 0.15) is 43.7 Å². The van der Waals surface area contributed by atoms with Gasteiger partial charge in [-0.2, -0.15) is 0 Å². The van der Waals surface area contributed by atoms with Gasteiger partial charge >= 0.3 is 0 Å². The van der Waals surface area contributed by atoms with Gasteiger partial charge in [0.25, 0.3) is 0 Å². The number of nitrogens with two attached hydrogens (primary N) is 1. The van der Waals surface area contributed by atoms with Crippen molar-refractivity contribution in [3.63, 3.8) is 0 Å². The highest BCUT2D eigenvalue weighted by Gasteiger charge is 2.44. The highest BCUT2D eigenvalue weighted by atomic mass is 79.9. The van der Waals surface area contributed by atoms with Gasteiger partial charge in [-0.05, 0) is 55.7 Å². The van der Waals surface area contributed by atoms with Crippen LogP contribution in [0.3, 0.4) is 0 Å². The van der Waals surface area contributed by atoms with Gasteiger partial charge < -0.3 is 10.5 Å². The van der Waals surface area contributed by atoms with Crippen LogP contribution < -0.4 is 5.73 Å². The van der Waals surface area contributed by atoms with Crippen LogP contribution in [0, 0.1) is 5.92 Å². The first kappa shape index (κ1) is 13.9. The summed E-state index contributed by atoms with van der Waals surface area (Å²) in [6.45, 7) is 0.840. The maximum atomic E-state index is 6.47. The lowest BCUT2D eigenvalue weighted by molar-refractivity contribution is -0.146. The second-order valence-electron chi connectivity index (χ2n) is 5.83. The van der Waals surface area contributed by atoms with Gasteiger partial charge in [-0.1, -0.05) is 33.6 Å². The Morgan fingerprint density at radius 2 is 2.21 bits per heavy atom. The van der Waals surface area contributed by atoms with E-state index in [1.807, 2.05) is 18.2 Å². The minimum absolute atomic E-state index is 0.0157. The molecule has 2 fully saturated rings. The molecule has 19 heavy (non-hydrogen) atoms. The average molecular weight is 345 g/mol. The van der Waals surface area contributed by atoms with Crippen LogP contribution >= 0.6 is 27.5 Å². The fraction of sp³-hybridized carbons (Fsp3) is 0.600. The maximum absolute atomic E-state index is 6.47. The van der Waals surface area contributed by atoms with Gasteiger partial charge in [0.15, 0.2) is 0 Å². The predicted molar refractivity (Wildman–Crippen MR) is 81.3 cm³/mol. The van der Waals surface area contributed by atoms with Gasteiger partial charge in [0, 0.05) is 22.1 Å². The number of ether oxygens (including phenoxy) is 1. The minimum atomic E-state index is 0.0157. The summed E-state index contributed by atoms with van der Waals surface area (Å²) in [4.78, 5) is 0. The molecule has 1 saturated carbocycles. The molecular weight excluding hydrogens is 326 g/mol. The molecule has 0 amide bonds. The highest BCUT2D eigenvalue weighted by Crippen LogP contribution is 2.47. The van der Waals surface area contributed by atoms with Crippen LogP contribution in [0.25, 0.3) is 0 Å². The molecule has 2 unspecified atom stereocenters. The van der Waals surface area contributed by atoms with Gasteiger partial charge in [-0.3, -0.25) is 0 Å². The van der Waals surface area contributed by atoms with Crippen molar-refractivity contribution in [1.29, 1.82) is 0 Å². The topological polar surface area (TPSA) is 35.2 Å². The molecule has 1 aliphatic carbocycles. The first-order valence-electron chi connectivity index (χ1n) is 6.94. The molecule has 1 aromatic carbocycles. The van der Waals surface area contributed by atoms with Gasteiger partial charge in [0.05, 0.1) is 5.60 Å². The lowest BCUT2D eigenvalue weighted by Gasteiger charge is -2.48. The van der Waals surface area contributed by atoms with Crippen LogP contribution in [0.5, 0.6) is 0 Å². The third-order valence-corrected chi connectivity index (χ3v) is 5.45. The third kappa shape index (κ3) is 2.71. The highest BCUT2D eigenvalue weighted by molar-refractivity contribution is 9.10. The molecule has 1 aromatic rings. The van der Waals surface area contributed by atoms with Crippen molar-refractivity contribution in [2.24, 2.45) is 11.7 Å². The summed E-state index contributed by atoms with van der Waals surface area (Å²) < 4.78 is 6.97. The smallest absolute Gasteiger partial charge is 0.0686 e. The fourth-order valence-corrected chi connectivity index (χ4v) is 4.12. The molecule has 1 saturated heterocycles. The lowest BCUT2D eigenvalue weighted by atomic mass is 9.70. The molecule has 104 valence electrons. The van der Waals surface area contributed by atoms with Gasteiger partial charge in [0.2, 0.25) is 0 Å². The summed E-state index contributed by atoms with van der Waals surface area (Å²) in [6, 6.07) is 6.00. The van der Waals surface area contributed by atoms with Crippen LogP contribution in [-0.4, -0.2) is 12.2 Å². The largest absolute Gasteiger partial charge is 0.375 e. The molecule has 2 nitrogen and oxygen atoms in total. The molecule has 2 atom stereocenters. The molecule has 2 aliphatic rings. The van der Waals surface area contributed by atoms with E-state index in [9.17, 15) is 0 Å². The van der Waals surface area contributed by atoms with E-state index in [1.54, 1.807) is 0 Å². The lowest BCUT2D eigenvalue weighted by Crippen LogP contribution is -2.47. The Hall–Kier alpha value is -0.0900. The average Bonchev–Trinajstić information content (AvgIpc) is 2.36. The first-order valence-corrected chi connectivity index (χ1v) is 8.11. The molecular formula is C15H19BrClNO. The molecule has 4 heteroatoms. The number of benzene rings is 1. The Kier molecular flexibility index (Phi) is 3.91. The van der Waals surface area contributed by atoms with Crippen LogP contribution in [0.2, 0.25) is 5.02 Å². The fourth-order valence-electron chi connectivity index (χ4n) is 3.32. The number of halogens is 2. The van der Waals surface area contributed by atoms with E-state index in [0.29, 0.717) is 5.92 Å². The van der Waals surface area contributed by atoms with Gasteiger partial charge in [-0.25, -0.2) is 0 Å². The Morgan fingerprint density at radius 3 is 2.84 bits per heavy atom. The summed E-state index contributed by atoms with van der Waals surface area (Å²) in [7, 11) is 0. The van der Waals surface area contributed by atoms with E-state index in [2.05, 4.69) is 15.9 Å². The first-order chi connectivity index (χ1) is 9.10. The van der Waals surface area contributed by atoms with E-state index in [1.165, 1.54) is 19.3 Å². The summed E-state index contributed by atoms with van der Waals surface area (Å²) >= 11 is 9.76. The van der Waals surface area contributed by atoms with E-state index >= 15 is 0 Å². The summed E-state index contributed by atoms with van der Waals surface area (Å²) in [5.41, 5.74) is 7.67. The summed E-state index contributed by atoms with van der Waals surface area (Å²) in [6.07, 6.45) is 5.81. The van der Waals surface area contributed by atoms with Crippen LogP contribution in [-0.2, 0) is 4.74 Å². The number of hydrogen-bond donors (Lipinski definition) is 1. The van der Waals surface area contributed by atoms with Crippen molar-refractivity contribution >= 4 is 27.5 Å². The molecule has 3 rings (SSSR count). The van der Waals surface area contributed by atoms with Crippen molar-refractivity contribution in [2.45, 2.75) is 43.7 Å². The minimum Gasteiger partial charge on any atom is -0.375 e. The third-order valence-electron chi connectivity index (χ3n) is 4.63. The Balaban J connectivity index is 1.77. The molecule has 0 radical (unpaired) electrons. The zero-order chi connectivity index (χ0) is 13.5. The van der Waals surface area contributed by atoms with Crippen LogP contribution in [0.15, 0.2) is 22.7 Å². The van der Waals surface area contributed by atoms with E-state index < -0.39 is 0 Å². The van der Waals surface area contributed by atoms with Crippen molar-refractivity contribution in [3.8, 4) is 0 Å².